The van der Waals surface area contributed by atoms with Gasteiger partial charge < -0.3 is 10.8 Å². The molecule has 2 heterocycles. The van der Waals surface area contributed by atoms with Crippen LogP contribution < -0.4 is 5.73 Å². The lowest BCUT2D eigenvalue weighted by molar-refractivity contribution is 0.227. The fourth-order valence-corrected chi connectivity index (χ4v) is 2.45. The van der Waals surface area contributed by atoms with Crippen LogP contribution in [0.15, 0.2) is 6.20 Å². The van der Waals surface area contributed by atoms with Crippen LogP contribution in [0.3, 0.4) is 0 Å². The van der Waals surface area contributed by atoms with Crippen LogP contribution in [0.5, 0.6) is 0 Å². The Kier molecular flexibility index (Phi) is 2.44. The number of aromatic nitrogens is 3. The lowest BCUT2D eigenvalue weighted by Crippen LogP contribution is -1.96. The molecular weight excluding hydrogens is 220 g/mol. The third kappa shape index (κ3) is 1.61. The molecule has 2 rings (SSSR count). The second-order valence-corrected chi connectivity index (χ2v) is 4.61. The van der Waals surface area contributed by atoms with Gasteiger partial charge in [-0.15, -0.1) is 5.10 Å². The zero-order valence-corrected chi connectivity index (χ0v) is 8.97. The molecule has 0 aliphatic carbocycles. The molecule has 3 N–H and O–H groups in total. The predicted molar refractivity (Wildman–Crippen MR) is 55.2 cm³/mol. The van der Waals surface area contributed by atoms with E-state index in [1.807, 2.05) is 6.92 Å². The van der Waals surface area contributed by atoms with Crippen molar-refractivity contribution in [2.24, 2.45) is 0 Å². The van der Waals surface area contributed by atoms with E-state index in [1.54, 1.807) is 6.20 Å². The zero-order valence-electron chi connectivity index (χ0n) is 7.34. The molecular formula is C7H8N4OS2. The molecule has 0 saturated heterocycles. The van der Waals surface area contributed by atoms with E-state index in [0.29, 0.717) is 5.13 Å². The number of hydrogen-bond donors (Lipinski definition) is 2. The van der Waals surface area contributed by atoms with E-state index < -0.39 is 6.10 Å². The number of anilines is 1. The summed E-state index contributed by atoms with van der Waals surface area (Å²) in [5.74, 6) is 0. The molecule has 2 aromatic rings. The first-order chi connectivity index (χ1) is 6.68. The fourth-order valence-electron chi connectivity index (χ4n) is 1.05. The van der Waals surface area contributed by atoms with Crippen LogP contribution in [-0.2, 0) is 0 Å². The summed E-state index contributed by atoms with van der Waals surface area (Å²) < 4.78 is 3.76. The summed E-state index contributed by atoms with van der Waals surface area (Å²) in [5.41, 5.74) is 6.22. The highest BCUT2D eigenvalue weighted by Gasteiger charge is 2.18. The van der Waals surface area contributed by atoms with Gasteiger partial charge >= 0.3 is 0 Å². The molecule has 0 aliphatic rings. The van der Waals surface area contributed by atoms with Gasteiger partial charge in [-0.1, -0.05) is 15.8 Å². The molecule has 5 nitrogen and oxygen atoms in total. The largest absolute Gasteiger partial charge is 0.382 e. The number of aliphatic hydroxyl groups excluding tert-OH is 1. The second kappa shape index (κ2) is 3.60. The topological polar surface area (TPSA) is 84.9 Å². The number of thiazole rings is 1. The summed E-state index contributed by atoms with van der Waals surface area (Å²) >= 11 is 2.46. The van der Waals surface area contributed by atoms with Crippen molar-refractivity contribution in [3.63, 3.8) is 0 Å². The first-order valence-electron chi connectivity index (χ1n) is 3.86. The zero-order chi connectivity index (χ0) is 10.1. The standard InChI is InChI=1S/C7H8N4OS2/c1-3-6(14-11-10-3)5(12)4-2-9-7(8)13-4/h2,5,12H,1H3,(H2,8,9). The van der Waals surface area contributed by atoms with E-state index in [0.717, 1.165) is 15.4 Å². The fraction of sp³-hybridized carbons (Fsp3) is 0.286. The molecule has 0 saturated carbocycles. The van der Waals surface area contributed by atoms with Crippen LogP contribution in [-0.4, -0.2) is 19.7 Å². The first kappa shape index (κ1) is 9.50. The van der Waals surface area contributed by atoms with Crippen molar-refractivity contribution in [3.8, 4) is 0 Å². The van der Waals surface area contributed by atoms with Crippen molar-refractivity contribution in [1.29, 1.82) is 0 Å². The van der Waals surface area contributed by atoms with Crippen molar-refractivity contribution >= 4 is 28.0 Å². The van der Waals surface area contributed by atoms with E-state index in [2.05, 4.69) is 14.6 Å². The number of nitrogen functional groups attached to an aromatic ring is 1. The molecule has 0 aromatic carbocycles. The van der Waals surface area contributed by atoms with Gasteiger partial charge in [0, 0.05) is 6.20 Å². The average Bonchev–Trinajstić information content (AvgIpc) is 2.73. The number of nitrogens with zero attached hydrogens (tertiary/aromatic N) is 3. The summed E-state index contributed by atoms with van der Waals surface area (Å²) in [7, 11) is 0. The van der Waals surface area contributed by atoms with Crippen molar-refractivity contribution in [3.05, 3.63) is 21.6 Å². The van der Waals surface area contributed by atoms with Gasteiger partial charge in [-0.05, 0) is 18.5 Å². The highest BCUT2D eigenvalue weighted by Crippen LogP contribution is 2.30. The SMILES string of the molecule is Cc1nnsc1C(O)c1cnc(N)s1. The van der Waals surface area contributed by atoms with Crippen LogP contribution >= 0.6 is 22.9 Å². The van der Waals surface area contributed by atoms with E-state index >= 15 is 0 Å². The molecule has 1 atom stereocenters. The third-order valence-corrected chi connectivity index (χ3v) is 3.50. The normalized spacial score (nSPS) is 13.0. The maximum absolute atomic E-state index is 9.92. The number of rotatable bonds is 2. The Morgan fingerprint density at radius 3 is 2.86 bits per heavy atom. The number of aryl methyl sites for hydroxylation is 1. The van der Waals surface area contributed by atoms with Gasteiger partial charge in [-0.25, -0.2) is 4.98 Å². The summed E-state index contributed by atoms with van der Waals surface area (Å²) in [6, 6.07) is 0. The van der Waals surface area contributed by atoms with Crippen LogP contribution in [0.25, 0.3) is 0 Å². The maximum Gasteiger partial charge on any atom is 0.180 e. The highest BCUT2D eigenvalue weighted by atomic mass is 32.1. The Balaban J connectivity index is 2.33. The van der Waals surface area contributed by atoms with Crippen LogP contribution in [0.4, 0.5) is 5.13 Å². The van der Waals surface area contributed by atoms with Crippen molar-refractivity contribution in [2.45, 2.75) is 13.0 Å². The Morgan fingerprint density at radius 2 is 2.36 bits per heavy atom. The highest BCUT2D eigenvalue weighted by molar-refractivity contribution is 7.15. The van der Waals surface area contributed by atoms with Crippen LogP contribution in [0.2, 0.25) is 0 Å². The number of nitrogens with two attached hydrogens (primary N) is 1. The molecule has 2 aromatic heterocycles. The minimum absolute atomic E-state index is 0.453. The number of hydrogen-bond acceptors (Lipinski definition) is 7. The second-order valence-electron chi connectivity index (χ2n) is 2.73. The minimum atomic E-state index is -0.704. The van der Waals surface area contributed by atoms with Crippen LogP contribution in [0, 0.1) is 6.92 Å². The Hall–Kier alpha value is -1.05. The van der Waals surface area contributed by atoms with E-state index in [1.165, 1.54) is 22.9 Å². The molecule has 74 valence electrons. The lowest BCUT2D eigenvalue weighted by atomic mass is 10.2. The Morgan fingerprint density at radius 1 is 1.57 bits per heavy atom. The molecule has 7 heteroatoms. The van der Waals surface area contributed by atoms with E-state index in [-0.39, 0.29) is 0 Å². The summed E-state index contributed by atoms with van der Waals surface area (Å²) in [4.78, 5) is 5.34. The quantitative estimate of drug-likeness (QED) is 0.800. The molecule has 0 aliphatic heterocycles. The maximum atomic E-state index is 9.92. The van der Waals surface area contributed by atoms with Gasteiger partial charge in [0.1, 0.15) is 6.10 Å². The molecule has 0 amide bonds. The summed E-state index contributed by atoms with van der Waals surface area (Å²) in [6.07, 6.45) is 0.869. The van der Waals surface area contributed by atoms with Crippen molar-refractivity contribution < 1.29 is 5.11 Å². The Labute approximate surface area is 88.4 Å². The van der Waals surface area contributed by atoms with Gasteiger partial charge in [-0.2, -0.15) is 0 Å². The summed E-state index contributed by atoms with van der Waals surface area (Å²) in [6.45, 7) is 1.81. The smallest absolute Gasteiger partial charge is 0.180 e. The van der Waals surface area contributed by atoms with Gasteiger partial charge in [0.05, 0.1) is 15.4 Å². The van der Waals surface area contributed by atoms with E-state index in [4.69, 9.17) is 5.73 Å². The van der Waals surface area contributed by atoms with Crippen LogP contribution in [0.1, 0.15) is 21.6 Å². The monoisotopic (exact) mass is 228 g/mol. The molecule has 0 fully saturated rings. The van der Waals surface area contributed by atoms with Crippen molar-refractivity contribution in [2.75, 3.05) is 5.73 Å². The van der Waals surface area contributed by atoms with Gasteiger partial charge in [0.15, 0.2) is 5.13 Å². The molecule has 0 radical (unpaired) electrons. The average molecular weight is 228 g/mol. The van der Waals surface area contributed by atoms with Crippen molar-refractivity contribution in [1.82, 2.24) is 14.6 Å². The lowest BCUT2D eigenvalue weighted by Gasteiger charge is -2.03. The third-order valence-electron chi connectivity index (χ3n) is 1.75. The minimum Gasteiger partial charge on any atom is -0.382 e. The first-order valence-corrected chi connectivity index (χ1v) is 5.45. The molecule has 14 heavy (non-hydrogen) atoms. The predicted octanol–water partition coefficient (Wildman–Crippen LogP) is 0.967. The molecule has 0 spiro atoms. The van der Waals surface area contributed by atoms with Gasteiger partial charge in [0.25, 0.3) is 0 Å². The molecule has 0 bridgehead atoms. The van der Waals surface area contributed by atoms with E-state index in [9.17, 15) is 5.11 Å². The summed E-state index contributed by atoms with van der Waals surface area (Å²) in [5, 5.41) is 14.2. The Bertz CT molecular complexity index is 438. The number of aliphatic hydroxyl groups is 1. The van der Waals surface area contributed by atoms with Gasteiger partial charge in [-0.3, -0.25) is 0 Å². The van der Waals surface area contributed by atoms with Gasteiger partial charge in [0.2, 0.25) is 0 Å². The molecule has 1 unspecified atom stereocenters.